The molecule has 0 radical (unpaired) electrons. The molecule has 2 aromatic heterocycles. The average molecular weight is 351 g/mol. The maximum atomic E-state index is 13.0. The summed E-state index contributed by atoms with van der Waals surface area (Å²) < 4.78 is 1.55. The molecule has 26 heavy (non-hydrogen) atoms. The first-order chi connectivity index (χ1) is 12.4. The summed E-state index contributed by atoms with van der Waals surface area (Å²) in [5, 5.41) is 13.8. The number of aromatic nitrogens is 2. The molecule has 1 amide bonds. The number of benzene rings is 1. The van der Waals surface area contributed by atoms with Gasteiger partial charge in [-0.05, 0) is 37.1 Å². The number of rotatable bonds is 4. The van der Waals surface area contributed by atoms with Gasteiger partial charge in [0.25, 0.3) is 11.5 Å². The molecule has 0 atom stereocenters. The maximum Gasteiger partial charge on any atom is 0.267 e. The van der Waals surface area contributed by atoms with Crippen LogP contribution in [0.25, 0.3) is 10.9 Å². The summed E-state index contributed by atoms with van der Waals surface area (Å²) in [5.74, 6) is -0.742. The molecular formula is C20H21N3O3. The van der Waals surface area contributed by atoms with Gasteiger partial charge in [0.1, 0.15) is 11.3 Å². The van der Waals surface area contributed by atoms with Crippen LogP contribution in [-0.4, -0.2) is 20.6 Å². The Kier molecular flexibility index (Phi) is 4.75. The van der Waals surface area contributed by atoms with Crippen LogP contribution in [-0.2, 0) is 6.54 Å². The minimum Gasteiger partial charge on any atom is -0.506 e. The Bertz CT molecular complexity index is 1040. The zero-order valence-electron chi connectivity index (χ0n) is 15.0. The Balaban J connectivity index is 2.18. The molecule has 0 aliphatic carbocycles. The Labute approximate surface area is 151 Å². The second-order valence-corrected chi connectivity index (χ2v) is 6.64. The summed E-state index contributed by atoms with van der Waals surface area (Å²) in [7, 11) is 0. The number of amides is 1. The van der Waals surface area contributed by atoms with Crippen LogP contribution in [0.2, 0.25) is 0 Å². The third-order valence-corrected chi connectivity index (χ3v) is 4.18. The molecule has 134 valence electrons. The van der Waals surface area contributed by atoms with Crippen LogP contribution < -0.4 is 10.9 Å². The fourth-order valence-corrected chi connectivity index (χ4v) is 2.94. The minimum atomic E-state index is -0.646. The van der Waals surface area contributed by atoms with Crippen LogP contribution in [0.1, 0.15) is 29.9 Å². The van der Waals surface area contributed by atoms with Gasteiger partial charge in [-0.2, -0.15) is 0 Å². The molecule has 1 aromatic carbocycles. The molecule has 0 saturated heterocycles. The lowest BCUT2D eigenvalue weighted by atomic mass is 10.1. The van der Waals surface area contributed by atoms with Gasteiger partial charge < -0.3 is 15.0 Å². The van der Waals surface area contributed by atoms with E-state index < -0.39 is 11.5 Å². The van der Waals surface area contributed by atoms with Crippen molar-refractivity contribution in [3.63, 3.8) is 0 Å². The maximum absolute atomic E-state index is 13.0. The van der Waals surface area contributed by atoms with Crippen molar-refractivity contribution in [2.24, 2.45) is 5.92 Å². The molecule has 0 bridgehead atoms. The number of nitrogens with one attached hydrogen (secondary N) is 1. The average Bonchev–Trinajstić information content (AvgIpc) is 2.60. The molecule has 0 spiro atoms. The first kappa shape index (κ1) is 17.7. The number of pyridine rings is 2. The highest BCUT2D eigenvalue weighted by atomic mass is 16.3. The second-order valence-electron chi connectivity index (χ2n) is 6.64. The van der Waals surface area contributed by atoms with E-state index in [0.717, 1.165) is 0 Å². The Morgan fingerprint density at radius 1 is 1.23 bits per heavy atom. The van der Waals surface area contributed by atoms with Crippen LogP contribution in [0.5, 0.6) is 5.75 Å². The monoisotopic (exact) mass is 351 g/mol. The standard InChI is InChI=1S/C20H21N3O3/c1-12(2)11-23-16-9-5-4-7-14(16)18(24)17(20(23)26)19(25)22-15-8-6-10-21-13(15)3/h4-10,12,24H,11H2,1-3H3,(H,22,25). The molecule has 0 aliphatic heterocycles. The molecule has 0 aliphatic rings. The van der Waals surface area contributed by atoms with E-state index in [9.17, 15) is 14.7 Å². The SMILES string of the molecule is Cc1ncccc1NC(=O)c1c(O)c2ccccc2n(CC(C)C)c1=O. The van der Waals surface area contributed by atoms with E-state index in [1.165, 1.54) is 0 Å². The van der Waals surface area contributed by atoms with Crippen LogP contribution in [0, 0.1) is 12.8 Å². The third kappa shape index (κ3) is 3.18. The van der Waals surface area contributed by atoms with Gasteiger partial charge in [-0.25, -0.2) is 0 Å². The van der Waals surface area contributed by atoms with Gasteiger partial charge >= 0.3 is 0 Å². The van der Waals surface area contributed by atoms with Crippen molar-refractivity contribution in [1.82, 2.24) is 9.55 Å². The lowest BCUT2D eigenvalue weighted by Crippen LogP contribution is -2.31. The largest absolute Gasteiger partial charge is 0.506 e. The van der Waals surface area contributed by atoms with E-state index in [-0.39, 0.29) is 17.2 Å². The number of aryl methyl sites for hydroxylation is 1. The molecular weight excluding hydrogens is 330 g/mol. The molecule has 0 fully saturated rings. The number of fused-ring (bicyclic) bond motifs is 1. The van der Waals surface area contributed by atoms with Gasteiger partial charge in [0.05, 0.1) is 16.9 Å². The highest BCUT2D eigenvalue weighted by Crippen LogP contribution is 2.27. The van der Waals surface area contributed by atoms with E-state index in [4.69, 9.17) is 0 Å². The molecule has 6 heteroatoms. The molecule has 0 unspecified atom stereocenters. The Hall–Kier alpha value is -3.15. The predicted octanol–water partition coefficient (Wildman–Crippen LogP) is 3.32. The number of anilines is 1. The van der Waals surface area contributed by atoms with Crippen molar-refractivity contribution in [2.75, 3.05) is 5.32 Å². The van der Waals surface area contributed by atoms with Gasteiger partial charge in [-0.1, -0.05) is 26.0 Å². The van der Waals surface area contributed by atoms with Crippen molar-refractivity contribution >= 4 is 22.5 Å². The quantitative estimate of drug-likeness (QED) is 0.755. The zero-order valence-corrected chi connectivity index (χ0v) is 15.0. The van der Waals surface area contributed by atoms with Gasteiger partial charge in [-0.3, -0.25) is 14.6 Å². The van der Waals surface area contributed by atoms with Crippen molar-refractivity contribution in [3.8, 4) is 5.75 Å². The van der Waals surface area contributed by atoms with Crippen molar-refractivity contribution in [3.05, 3.63) is 64.2 Å². The zero-order chi connectivity index (χ0) is 18.8. The first-order valence-electron chi connectivity index (χ1n) is 8.47. The molecule has 2 heterocycles. The van der Waals surface area contributed by atoms with Crippen LogP contribution in [0.15, 0.2) is 47.4 Å². The van der Waals surface area contributed by atoms with Crippen molar-refractivity contribution < 1.29 is 9.90 Å². The number of aromatic hydroxyl groups is 1. The van der Waals surface area contributed by atoms with Crippen molar-refractivity contribution in [1.29, 1.82) is 0 Å². The Morgan fingerprint density at radius 3 is 2.65 bits per heavy atom. The fraction of sp³-hybridized carbons (Fsp3) is 0.250. The predicted molar refractivity (Wildman–Crippen MR) is 102 cm³/mol. The highest BCUT2D eigenvalue weighted by molar-refractivity contribution is 6.09. The molecule has 6 nitrogen and oxygen atoms in total. The number of para-hydroxylation sites is 1. The highest BCUT2D eigenvalue weighted by Gasteiger charge is 2.23. The first-order valence-corrected chi connectivity index (χ1v) is 8.47. The topological polar surface area (TPSA) is 84.2 Å². The summed E-state index contributed by atoms with van der Waals surface area (Å²) in [6, 6.07) is 10.4. The smallest absolute Gasteiger partial charge is 0.267 e. The number of hydrogen-bond donors (Lipinski definition) is 2. The second kappa shape index (κ2) is 7.00. The summed E-state index contributed by atoms with van der Waals surface area (Å²) in [4.78, 5) is 29.9. The summed E-state index contributed by atoms with van der Waals surface area (Å²) in [6.07, 6.45) is 1.62. The van der Waals surface area contributed by atoms with Crippen LogP contribution >= 0.6 is 0 Å². The molecule has 2 N–H and O–H groups in total. The van der Waals surface area contributed by atoms with E-state index in [2.05, 4.69) is 10.3 Å². The van der Waals surface area contributed by atoms with Gasteiger partial charge in [0.2, 0.25) is 0 Å². The minimum absolute atomic E-state index is 0.206. The number of carbonyl (C=O) groups excluding carboxylic acids is 1. The van der Waals surface area contributed by atoms with Crippen molar-refractivity contribution in [2.45, 2.75) is 27.3 Å². The van der Waals surface area contributed by atoms with E-state index in [1.807, 2.05) is 13.8 Å². The lowest BCUT2D eigenvalue weighted by molar-refractivity contribution is 0.102. The fourth-order valence-electron chi connectivity index (χ4n) is 2.94. The molecule has 3 rings (SSSR count). The summed E-state index contributed by atoms with van der Waals surface area (Å²) in [5.41, 5.74) is 0.975. The van der Waals surface area contributed by atoms with Crippen LogP contribution in [0.3, 0.4) is 0 Å². The number of carbonyl (C=O) groups is 1. The molecule has 0 saturated carbocycles. The van der Waals surface area contributed by atoms with E-state index in [1.54, 1.807) is 54.1 Å². The lowest BCUT2D eigenvalue weighted by Gasteiger charge is -2.16. The normalized spacial score (nSPS) is 11.1. The number of nitrogens with zero attached hydrogens (tertiary/aromatic N) is 2. The van der Waals surface area contributed by atoms with Gasteiger partial charge in [0, 0.05) is 18.1 Å². The Morgan fingerprint density at radius 2 is 1.96 bits per heavy atom. The van der Waals surface area contributed by atoms with E-state index in [0.29, 0.717) is 28.8 Å². The number of hydrogen-bond acceptors (Lipinski definition) is 4. The third-order valence-electron chi connectivity index (χ3n) is 4.18. The summed E-state index contributed by atoms with van der Waals surface area (Å²) >= 11 is 0. The summed E-state index contributed by atoms with van der Waals surface area (Å²) in [6.45, 7) is 6.19. The van der Waals surface area contributed by atoms with Gasteiger partial charge in [0.15, 0.2) is 0 Å². The van der Waals surface area contributed by atoms with E-state index >= 15 is 0 Å². The molecule has 3 aromatic rings. The van der Waals surface area contributed by atoms with Crippen LogP contribution in [0.4, 0.5) is 5.69 Å². The van der Waals surface area contributed by atoms with Gasteiger partial charge in [-0.15, -0.1) is 0 Å².